The molecule has 246 valence electrons. The second-order valence-electron chi connectivity index (χ2n) is 11.9. The van der Waals surface area contributed by atoms with Gasteiger partial charge < -0.3 is 19.7 Å². The first-order valence-electron chi connectivity index (χ1n) is 14.3. The van der Waals surface area contributed by atoms with Crippen LogP contribution in [-0.4, -0.2) is 81.2 Å². The van der Waals surface area contributed by atoms with Gasteiger partial charge in [0, 0.05) is 24.7 Å². The molecule has 2 aromatic carbocycles. The lowest BCUT2D eigenvalue weighted by atomic mass is 9.87. The van der Waals surface area contributed by atoms with Crippen LogP contribution in [0.5, 0.6) is 5.75 Å². The van der Waals surface area contributed by atoms with Gasteiger partial charge >= 0.3 is 23.9 Å². The van der Waals surface area contributed by atoms with Crippen LogP contribution in [0.25, 0.3) is 0 Å². The van der Waals surface area contributed by atoms with E-state index in [9.17, 15) is 47.0 Å². The van der Waals surface area contributed by atoms with Crippen molar-refractivity contribution in [2.24, 2.45) is 0 Å². The fourth-order valence-electron chi connectivity index (χ4n) is 5.37. The van der Waals surface area contributed by atoms with Crippen molar-refractivity contribution >= 4 is 23.9 Å². The summed E-state index contributed by atoms with van der Waals surface area (Å²) in [5, 5.41) is 19.3. The zero-order valence-electron chi connectivity index (χ0n) is 25.2. The highest BCUT2D eigenvalue weighted by atomic mass is 19.2. The lowest BCUT2D eigenvalue weighted by molar-refractivity contribution is -0.158. The highest BCUT2D eigenvalue weighted by Gasteiger charge is 2.37. The van der Waals surface area contributed by atoms with Crippen LogP contribution in [0, 0.1) is 23.3 Å². The third-order valence-corrected chi connectivity index (χ3v) is 7.11. The zero-order chi connectivity index (χ0) is 33.5. The van der Waals surface area contributed by atoms with E-state index in [2.05, 4.69) is 4.74 Å². The van der Waals surface area contributed by atoms with E-state index in [1.54, 1.807) is 37.8 Å². The van der Waals surface area contributed by atoms with Gasteiger partial charge in [-0.3, -0.25) is 29.0 Å². The number of nitrogens with zero attached hydrogens (tertiary/aromatic N) is 2. The molecular formula is C31H36F4N2O8. The van der Waals surface area contributed by atoms with Crippen molar-refractivity contribution in [1.29, 1.82) is 0 Å². The summed E-state index contributed by atoms with van der Waals surface area (Å²) in [5.74, 6) is -12.6. The van der Waals surface area contributed by atoms with E-state index in [1.165, 1.54) is 17.0 Å². The molecule has 2 N–H and O–H groups in total. The minimum Gasteiger partial charge on any atom is -0.480 e. The van der Waals surface area contributed by atoms with E-state index in [1.807, 2.05) is 0 Å². The number of carboxylic acid groups (broad SMARTS) is 2. The topological polar surface area (TPSA) is 134 Å². The summed E-state index contributed by atoms with van der Waals surface area (Å²) in [6, 6.07) is 5.35. The average Bonchev–Trinajstić information content (AvgIpc) is 2.93. The quantitative estimate of drug-likeness (QED) is 0.141. The second-order valence-corrected chi connectivity index (χ2v) is 11.9. The van der Waals surface area contributed by atoms with Crippen LogP contribution in [-0.2, 0) is 36.9 Å². The van der Waals surface area contributed by atoms with Crippen molar-refractivity contribution in [2.45, 2.75) is 77.1 Å². The monoisotopic (exact) mass is 640 g/mol. The molecule has 0 amide bonds. The van der Waals surface area contributed by atoms with Gasteiger partial charge in [0.1, 0.15) is 5.60 Å². The summed E-state index contributed by atoms with van der Waals surface area (Å²) >= 11 is 0. The fraction of sp³-hybridized carbons (Fsp3) is 0.484. The molecule has 1 aliphatic carbocycles. The molecule has 1 fully saturated rings. The number of carbonyl (C=O) groups excluding carboxylic acids is 2. The molecule has 14 heteroatoms. The number of hydrogen-bond acceptors (Lipinski definition) is 8. The Balaban J connectivity index is 1.76. The van der Waals surface area contributed by atoms with Gasteiger partial charge in [-0.05, 0) is 44.7 Å². The van der Waals surface area contributed by atoms with Crippen LogP contribution in [0.2, 0.25) is 0 Å². The Morgan fingerprint density at radius 1 is 0.778 bits per heavy atom. The van der Waals surface area contributed by atoms with Gasteiger partial charge in [-0.15, -0.1) is 0 Å². The highest BCUT2D eigenvalue weighted by Crippen LogP contribution is 2.30. The Bertz CT molecular complexity index is 1370. The smallest absolute Gasteiger partial charge is 0.320 e. The minimum atomic E-state index is -1.84. The molecule has 0 radical (unpaired) electrons. The van der Waals surface area contributed by atoms with Crippen molar-refractivity contribution in [3.63, 3.8) is 0 Å². The third kappa shape index (κ3) is 10.5. The average molecular weight is 641 g/mol. The second kappa shape index (κ2) is 15.3. The third-order valence-electron chi connectivity index (χ3n) is 7.11. The molecule has 2 aromatic rings. The van der Waals surface area contributed by atoms with Crippen molar-refractivity contribution in [3.05, 3.63) is 64.7 Å². The molecule has 0 aliphatic heterocycles. The minimum absolute atomic E-state index is 0.00535. The number of hydrogen-bond donors (Lipinski definition) is 2. The number of carbonyl (C=O) groups is 4. The Labute approximate surface area is 257 Å². The number of esters is 2. The molecule has 0 spiro atoms. The van der Waals surface area contributed by atoms with Crippen LogP contribution in [0.3, 0.4) is 0 Å². The predicted octanol–water partition coefficient (Wildman–Crippen LogP) is 4.32. The molecule has 0 aromatic heterocycles. The van der Waals surface area contributed by atoms with Gasteiger partial charge in [0.15, 0.2) is 11.6 Å². The first-order chi connectivity index (χ1) is 21.0. The van der Waals surface area contributed by atoms with E-state index < -0.39 is 83.5 Å². The van der Waals surface area contributed by atoms with Crippen LogP contribution >= 0.6 is 0 Å². The number of rotatable bonds is 13. The number of aliphatic carboxylic acids is 2. The van der Waals surface area contributed by atoms with E-state index in [0.717, 1.165) is 12.8 Å². The first-order valence-corrected chi connectivity index (χ1v) is 14.3. The summed E-state index contributed by atoms with van der Waals surface area (Å²) in [4.78, 5) is 51.7. The van der Waals surface area contributed by atoms with E-state index in [4.69, 9.17) is 4.74 Å². The molecule has 3 rings (SSSR count). The normalized spacial score (nSPS) is 16.9. The summed E-state index contributed by atoms with van der Waals surface area (Å²) in [5.41, 5.74) is 0.200. The Morgan fingerprint density at radius 3 is 1.78 bits per heavy atom. The van der Waals surface area contributed by atoms with Crippen molar-refractivity contribution in [3.8, 4) is 5.75 Å². The molecule has 2 atom stereocenters. The molecule has 0 unspecified atom stereocenters. The Kier molecular flexibility index (Phi) is 12.1. The van der Waals surface area contributed by atoms with Crippen molar-refractivity contribution in [2.75, 3.05) is 19.6 Å². The lowest BCUT2D eigenvalue weighted by Gasteiger charge is -2.44. The molecule has 1 aliphatic rings. The van der Waals surface area contributed by atoms with E-state index in [0.29, 0.717) is 24.0 Å². The maximum Gasteiger partial charge on any atom is 0.320 e. The van der Waals surface area contributed by atoms with Gasteiger partial charge in [0.25, 0.3) is 0 Å². The molecule has 0 saturated heterocycles. The largest absolute Gasteiger partial charge is 0.480 e. The predicted molar refractivity (Wildman–Crippen MR) is 151 cm³/mol. The lowest BCUT2D eigenvalue weighted by Crippen LogP contribution is -2.56. The maximum absolute atomic E-state index is 13.9. The Hall–Kier alpha value is -4.04. The van der Waals surface area contributed by atoms with Gasteiger partial charge in [-0.1, -0.05) is 37.1 Å². The molecule has 1 saturated carbocycles. The molecule has 0 heterocycles. The molecule has 0 bridgehead atoms. The highest BCUT2D eigenvalue weighted by molar-refractivity contribution is 5.75. The first kappa shape index (κ1) is 35.4. The Morgan fingerprint density at radius 2 is 1.27 bits per heavy atom. The van der Waals surface area contributed by atoms with Crippen LogP contribution in [0.4, 0.5) is 17.6 Å². The summed E-state index contributed by atoms with van der Waals surface area (Å²) in [7, 11) is 0. The van der Waals surface area contributed by atoms with Gasteiger partial charge in [0.2, 0.25) is 17.4 Å². The number of ether oxygens (including phenoxy) is 2. The number of halogens is 4. The number of benzene rings is 2. The van der Waals surface area contributed by atoms with Crippen molar-refractivity contribution in [1.82, 2.24) is 9.80 Å². The van der Waals surface area contributed by atoms with Gasteiger partial charge in [-0.2, -0.15) is 8.78 Å². The van der Waals surface area contributed by atoms with Gasteiger partial charge in [0.05, 0.1) is 26.1 Å². The van der Waals surface area contributed by atoms with E-state index in [-0.39, 0.29) is 25.7 Å². The van der Waals surface area contributed by atoms with Crippen LogP contribution < -0.4 is 4.74 Å². The van der Waals surface area contributed by atoms with E-state index >= 15 is 0 Å². The summed E-state index contributed by atoms with van der Waals surface area (Å²) in [6.45, 7) is 4.13. The summed E-state index contributed by atoms with van der Waals surface area (Å²) in [6.07, 6.45) is 2.12. The molecule has 10 nitrogen and oxygen atoms in total. The maximum atomic E-state index is 13.9. The fourth-order valence-corrected chi connectivity index (χ4v) is 5.37. The standard InChI is InChI=1S/C31H36F4N2O8/c1-31(2,3)45-27(43)17-37(16-25(40)41)23-7-5-4-6-22(23)36(15-24(38)39)14-19-10-8-18(9-11-19)12-26(42)44-30-28(34)20(32)13-21(33)29(30)35/h8-11,13,22-23H,4-7,12,14-17H2,1-3H3,(H,38,39)(H,40,41)/t22-,23-/m1/s1. The van der Waals surface area contributed by atoms with Gasteiger partial charge in [-0.25, -0.2) is 8.78 Å². The van der Waals surface area contributed by atoms with Crippen molar-refractivity contribution < 1.29 is 56.4 Å². The zero-order valence-corrected chi connectivity index (χ0v) is 25.2. The summed E-state index contributed by atoms with van der Waals surface area (Å²) < 4.78 is 64.6. The van der Waals surface area contributed by atoms with Crippen LogP contribution in [0.1, 0.15) is 57.6 Å². The van der Waals surface area contributed by atoms with Crippen LogP contribution in [0.15, 0.2) is 30.3 Å². The molecular weight excluding hydrogens is 604 g/mol. The molecule has 45 heavy (non-hydrogen) atoms. The SMILES string of the molecule is CC(C)(C)OC(=O)CN(CC(=O)O)[C@@H]1CCCC[C@H]1N(CC(=O)O)Cc1ccc(CC(=O)Oc2c(F)c(F)cc(F)c2F)cc1. The number of carboxylic acids is 2.